The van der Waals surface area contributed by atoms with Crippen LogP contribution in [0.4, 0.5) is 0 Å². The first-order valence-corrected chi connectivity index (χ1v) is 6.04. The largest absolute Gasteiger partial charge is 0.591 e. The summed E-state index contributed by atoms with van der Waals surface area (Å²) in [7, 11) is 0. The van der Waals surface area contributed by atoms with Crippen molar-refractivity contribution in [2.24, 2.45) is 4.40 Å². The first-order chi connectivity index (χ1) is 6.91. The minimum absolute atomic E-state index is 0.296. The quantitative estimate of drug-likeness (QED) is 0.561. The van der Waals surface area contributed by atoms with Crippen molar-refractivity contribution in [1.82, 2.24) is 0 Å². The summed E-state index contributed by atoms with van der Waals surface area (Å²) < 4.78 is 15.7. The van der Waals surface area contributed by atoms with Crippen LogP contribution in [0.5, 0.6) is 0 Å². The van der Waals surface area contributed by atoms with Crippen LogP contribution in [-0.2, 0) is 11.4 Å². The molecular weight excluding hydrogens is 206 g/mol. The van der Waals surface area contributed by atoms with Crippen molar-refractivity contribution >= 4 is 17.1 Å². The van der Waals surface area contributed by atoms with Crippen LogP contribution < -0.4 is 0 Å². The molecule has 0 radical (unpaired) electrons. The Morgan fingerprint density at radius 2 is 1.73 bits per heavy atom. The molecule has 82 valence electrons. The molecule has 0 saturated heterocycles. The molecule has 0 amide bonds. The maximum absolute atomic E-state index is 11.8. The monoisotopic (exact) mass is 223 g/mol. The Kier molecular flexibility index (Phi) is 3.94. The third-order valence-electron chi connectivity index (χ3n) is 1.94. The molecule has 0 saturated carbocycles. The van der Waals surface area contributed by atoms with E-state index in [1.54, 1.807) is 0 Å². The van der Waals surface area contributed by atoms with E-state index in [9.17, 15) is 4.55 Å². The van der Waals surface area contributed by atoms with Gasteiger partial charge >= 0.3 is 0 Å². The summed E-state index contributed by atoms with van der Waals surface area (Å²) in [6.45, 7) is 7.65. The van der Waals surface area contributed by atoms with Gasteiger partial charge in [0.1, 0.15) is 16.1 Å². The van der Waals surface area contributed by atoms with Gasteiger partial charge in [-0.05, 0) is 27.7 Å². The molecule has 0 aromatic heterocycles. The molecule has 3 heteroatoms. The lowest BCUT2D eigenvalue weighted by molar-refractivity contribution is 0.561. The molecule has 0 heterocycles. The first kappa shape index (κ1) is 12.3. The molecule has 1 aromatic carbocycles. The number of hydrogen-bond donors (Lipinski definition) is 0. The molecule has 15 heavy (non-hydrogen) atoms. The summed E-state index contributed by atoms with van der Waals surface area (Å²) in [5, 5.41) is 0. The number of rotatable bonds is 2. The van der Waals surface area contributed by atoms with Gasteiger partial charge in [-0.25, -0.2) is 0 Å². The average Bonchev–Trinajstić information content (AvgIpc) is 2.17. The molecule has 0 bridgehead atoms. The standard InChI is InChI=1S/C12H17NOS/c1-10(11-8-6-5-7-9-11)13-15(14)12(2,3)4/h5-9H,1-4H3/b13-10+/t15-/m1/s1. The summed E-state index contributed by atoms with van der Waals surface area (Å²) in [5.41, 5.74) is 1.85. The molecule has 0 fully saturated rings. The van der Waals surface area contributed by atoms with Crippen LogP contribution in [0.1, 0.15) is 33.3 Å². The fourth-order valence-electron chi connectivity index (χ4n) is 0.993. The highest BCUT2D eigenvalue weighted by Gasteiger charge is 2.26. The van der Waals surface area contributed by atoms with Crippen LogP contribution in [0.3, 0.4) is 0 Å². The van der Waals surface area contributed by atoms with Gasteiger partial charge in [-0.3, -0.25) is 0 Å². The Hall–Kier alpha value is -0.800. The van der Waals surface area contributed by atoms with Crippen molar-refractivity contribution in [3.8, 4) is 0 Å². The zero-order valence-electron chi connectivity index (χ0n) is 9.65. The highest BCUT2D eigenvalue weighted by atomic mass is 32.2. The highest BCUT2D eigenvalue weighted by Crippen LogP contribution is 2.18. The molecule has 2 nitrogen and oxygen atoms in total. The van der Waals surface area contributed by atoms with Gasteiger partial charge in [0.15, 0.2) is 0 Å². The third kappa shape index (κ3) is 3.68. The Morgan fingerprint density at radius 1 is 1.20 bits per heavy atom. The second kappa shape index (κ2) is 4.81. The zero-order chi connectivity index (χ0) is 11.5. The summed E-state index contributed by atoms with van der Waals surface area (Å²) in [4.78, 5) is 0. The van der Waals surface area contributed by atoms with E-state index >= 15 is 0 Å². The predicted molar refractivity (Wildman–Crippen MR) is 66.5 cm³/mol. The van der Waals surface area contributed by atoms with E-state index in [1.807, 2.05) is 58.0 Å². The van der Waals surface area contributed by atoms with E-state index < -0.39 is 11.4 Å². The van der Waals surface area contributed by atoms with E-state index in [-0.39, 0.29) is 4.75 Å². The average molecular weight is 223 g/mol. The van der Waals surface area contributed by atoms with Crippen molar-refractivity contribution in [2.75, 3.05) is 0 Å². The Bertz CT molecular complexity index is 340. The number of hydrogen-bond acceptors (Lipinski definition) is 2. The van der Waals surface area contributed by atoms with E-state index in [0.29, 0.717) is 0 Å². The van der Waals surface area contributed by atoms with Crippen molar-refractivity contribution in [1.29, 1.82) is 0 Å². The van der Waals surface area contributed by atoms with Gasteiger partial charge in [-0.1, -0.05) is 34.7 Å². The number of nitrogens with zero attached hydrogens (tertiary/aromatic N) is 1. The van der Waals surface area contributed by atoms with Gasteiger partial charge in [0, 0.05) is 5.56 Å². The van der Waals surface area contributed by atoms with Gasteiger partial charge in [0.25, 0.3) is 0 Å². The third-order valence-corrected chi connectivity index (χ3v) is 3.42. The number of benzene rings is 1. The lowest BCUT2D eigenvalue weighted by Gasteiger charge is -2.18. The summed E-state index contributed by atoms with van der Waals surface area (Å²) in [6, 6.07) is 9.80. The smallest absolute Gasteiger partial charge is 0.144 e. The van der Waals surface area contributed by atoms with E-state index in [0.717, 1.165) is 11.3 Å². The molecule has 1 atom stereocenters. The van der Waals surface area contributed by atoms with Crippen molar-refractivity contribution in [2.45, 2.75) is 32.4 Å². The normalized spacial score (nSPS) is 15.1. The van der Waals surface area contributed by atoms with Crippen LogP contribution in [0, 0.1) is 0 Å². The van der Waals surface area contributed by atoms with E-state index in [1.165, 1.54) is 0 Å². The maximum atomic E-state index is 11.8. The van der Waals surface area contributed by atoms with E-state index in [4.69, 9.17) is 0 Å². The van der Waals surface area contributed by atoms with Crippen LogP contribution in [0.25, 0.3) is 0 Å². The van der Waals surface area contributed by atoms with Crippen LogP contribution in [0.2, 0.25) is 0 Å². The predicted octanol–water partition coefficient (Wildman–Crippen LogP) is 2.96. The molecule has 0 aliphatic rings. The molecule has 0 N–H and O–H groups in total. The lowest BCUT2D eigenvalue weighted by atomic mass is 10.1. The summed E-state index contributed by atoms with van der Waals surface area (Å²) >= 11 is -1.18. The molecule has 1 rings (SSSR count). The van der Waals surface area contributed by atoms with Gasteiger partial charge in [0.2, 0.25) is 0 Å². The molecule has 0 spiro atoms. The fraction of sp³-hybridized carbons (Fsp3) is 0.417. The highest BCUT2D eigenvalue weighted by molar-refractivity contribution is 7.91. The van der Waals surface area contributed by atoms with Gasteiger partial charge in [-0.2, -0.15) is 0 Å². The van der Waals surface area contributed by atoms with Crippen LogP contribution in [0.15, 0.2) is 34.7 Å². The summed E-state index contributed by atoms with van der Waals surface area (Å²) in [5.74, 6) is 0. The fourth-order valence-corrected chi connectivity index (χ4v) is 1.62. The summed E-state index contributed by atoms with van der Waals surface area (Å²) in [6.07, 6.45) is 0. The van der Waals surface area contributed by atoms with Gasteiger partial charge in [-0.15, -0.1) is 0 Å². The topological polar surface area (TPSA) is 35.4 Å². The maximum Gasteiger partial charge on any atom is 0.144 e. The molecule has 1 aromatic rings. The first-order valence-electron chi connectivity index (χ1n) is 4.94. The molecular formula is C12H17NOS. The second-order valence-corrected chi connectivity index (χ2v) is 6.31. The van der Waals surface area contributed by atoms with Gasteiger partial charge < -0.3 is 4.55 Å². The molecule has 0 aliphatic carbocycles. The van der Waals surface area contributed by atoms with Crippen LogP contribution in [-0.4, -0.2) is 15.0 Å². The Labute approximate surface area is 94.7 Å². The van der Waals surface area contributed by atoms with Crippen molar-refractivity contribution < 1.29 is 4.55 Å². The Morgan fingerprint density at radius 3 is 2.20 bits per heavy atom. The lowest BCUT2D eigenvalue weighted by Crippen LogP contribution is -2.26. The van der Waals surface area contributed by atoms with Crippen LogP contribution >= 0.6 is 0 Å². The second-order valence-electron chi connectivity index (χ2n) is 4.40. The minimum Gasteiger partial charge on any atom is -0.591 e. The molecule has 0 unspecified atom stereocenters. The van der Waals surface area contributed by atoms with E-state index in [2.05, 4.69) is 4.40 Å². The Balaban J connectivity index is 2.86. The van der Waals surface area contributed by atoms with Gasteiger partial charge in [0.05, 0.1) is 5.71 Å². The van der Waals surface area contributed by atoms with Crippen molar-refractivity contribution in [3.63, 3.8) is 0 Å². The zero-order valence-corrected chi connectivity index (χ0v) is 10.5. The molecule has 0 aliphatic heterocycles. The SMILES string of the molecule is C/C(=N\[S@+]([O-])C(C)(C)C)c1ccccc1. The minimum atomic E-state index is -1.18. The van der Waals surface area contributed by atoms with Crippen molar-refractivity contribution in [3.05, 3.63) is 35.9 Å².